The summed E-state index contributed by atoms with van der Waals surface area (Å²) in [5, 5.41) is 3.73. The first-order valence-electron chi connectivity index (χ1n) is 11.0. The Morgan fingerprint density at radius 1 is 0.811 bits per heavy atom. The number of nitrogens with zero attached hydrogens (tertiary/aromatic N) is 1. The Morgan fingerprint density at radius 3 is 2.16 bits per heavy atom. The molecule has 0 aliphatic rings. The number of sulfonamides is 1. The van der Waals surface area contributed by atoms with Gasteiger partial charge in [0.05, 0.1) is 27.2 Å². The van der Waals surface area contributed by atoms with E-state index in [-0.39, 0.29) is 16.5 Å². The lowest BCUT2D eigenvalue weighted by molar-refractivity contribution is -0.116. The average Bonchev–Trinajstić information content (AvgIpc) is 2.88. The van der Waals surface area contributed by atoms with Gasteiger partial charge in [0.15, 0.2) is 5.75 Å². The molecule has 1 amide bonds. The van der Waals surface area contributed by atoms with E-state index in [0.717, 1.165) is 4.31 Å². The van der Waals surface area contributed by atoms with Crippen LogP contribution in [0.3, 0.4) is 0 Å². The largest absolute Gasteiger partial charge is 0.455 e. The van der Waals surface area contributed by atoms with Gasteiger partial charge in [0, 0.05) is 11.6 Å². The van der Waals surface area contributed by atoms with E-state index in [1.165, 1.54) is 18.2 Å². The van der Waals surface area contributed by atoms with E-state index in [0.29, 0.717) is 32.8 Å². The summed E-state index contributed by atoms with van der Waals surface area (Å²) in [6.07, 6.45) is 0. The standard InChI is InChI=1S/C27H21Cl3N2O4S/c28-20-12-14-26(36-21-7-3-1-4-8-21)25(16-20)31-27(33)18-32(17-19-11-13-23(29)24(30)15-19)37(34,35)22-9-5-2-6-10-22/h1-16H,17-18H2,(H,31,33). The fourth-order valence-electron chi connectivity index (χ4n) is 3.46. The van der Waals surface area contributed by atoms with Gasteiger partial charge < -0.3 is 10.1 Å². The number of carbonyl (C=O) groups excluding carboxylic acids is 1. The summed E-state index contributed by atoms with van der Waals surface area (Å²) in [5.74, 6) is 0.332. The van der Waals surface area contributed by atoms with E-state index in [9.17, 15) is 13.2 Å². The van der Waals surface area contributed by atoms with Crippen LogP contribution in [0.5, 0.6) is 11.5 Å². The molecule has 0 spiro atoms. The average molecular weight is 576 g/mol. The van der Waals surface area contributed by atoms with Gasteiger partial charge in [-0.3, -0.25) is 4.79 Å². The first-order valence-corrected chi connectivity index (χ1v) is 13.6. The van der Waals surface area contributed by atoms with Crippen molar-refractivity contribution in [3.63, 3.8) is 0 Å². The highest BCUT2D eigenvalue weighted by molar-refractivity contribution is 7.89. The third-order valence-corrected chi connectivity index (χ3v) is 8.01. The highest BCUT2D eigenvalue weighted by atomic mass is 35.5. The molecule has 0 saturated heterocycles. The van der Waals surface area contributed by atoms with Crippen LogP contribution in [0, 0.1) is 0 Å². The summed E-state index contributed by atoms with van der Waals surface area (Å²) in [7, 11) is -4.04. The van der Waals surface area contributed by atoms with Gasteiger partial charge in [-0.25, -0.2) is 8.42 Å². The third-order valence-electron chi connectivity index (χ3n) is 5.23. The van der Waals surface area contributed by atoms with Crippen molar-refractivity contribution in [1.29, 1.82) is 0 Å². The minimum atomic E-state index is -4.04. The predicted molar refractivity (Wildman–Crippen MR) is 147 cm³/mol. The maximum absolute atomic E-state index is 13.5. The molecular formula is C27H21Cl3N2O4S. The lowest BCUT2D eigenvalue weighted by atomic mass is 10.2. The van der Waals surface area contributed by atoms with Gasteiger partial charge in [0.1, 0.15) is 5.75 Å². The molecule has 0 fully saturated rings. The van der Waals surface area contributed by atoms with E-state index in [2.05, 4.69) is 5.32 Å². The van der Waals surface area contributed by atoms with Gasteiger partial charge in [-0.1, -0.05) is 77.3 Å². The molecule has 4 aromatic carbocycles. The monoisotopic (exact) mass is 574 g/mol. The SMILES string of the molecule is O=C(CN(Cc1ccc(Cl)c(Cl)c1)S(=O)(=O)c1ccccc1)Nc1cc(Cl)ccc1Oc1ccccc1. The number of halogens is 3. The normalized spacial score (nSPS) is 11.4. The van der Waals surface area contributed by atoms with Gasteiger partial charge in [0.25, 0.3) is 0 Å². The summed E-state index contributed by atoms with van der Waals surface area (Å²) in [4.78, 5) is 13.2. The van der Waals surface area contributed by atoms with Gasteiger partial charge >= 0.3 is 0 Å². The van der Waals surface area contributed by atoms with Crippen molar-refractivity contribution in [2.75, 3.05) is 11.9 Å². The molecule has 1 N–H and O–H groups in total. The first kappa shape index (κ1) is 27.0. The minimum absolute atomic E-state index is 0.0544. The van der Waals surface area contributed by atoms with Crippen LogP contribution >= 0.6 is 34.8 Å². The van der Waals surface area contributed by atoms with Crippen LogP contribution in [0.2, 0.25) is 15.1 Å². The lowest BCUT2D eigenvalue weighted by Crippen LogP contribution is -2.37. The summed E-state index contributed by atoms with van der Waals surface area (Å²) >= 11 is 18.3. The number of carbonyl (C=O) groups is 1. The van der Waals surface area contributed by atoms with Crippen molar-refractivity contribution >= 4 is 56.4 Å². The second-order valence-corrected chi connectivity index (χ2v) is 11.1. The molecule has 10 heteroatoms. The zero-order chi connectivity index (χ0) is 26.4. The Bertz CT molecular complexity index is 1500. The second kappa shape index (κ2) is 12.0. The number of rotatable bonds is 9. The summed E-state index contributed by atoms with van der Waals surface area (Å²) in [6, 6.07) is 26.5. The number of benzene rings is 4. The van der Waals surface area contributed by atoms with Gasteiger partial charge in [-0.05, 0) is 60.2 Å². The Labute approximate surface area is 230 Å². The molecule has 190 valence electrons. The van der Waals surface area contributed by atoms with E-state index < -0.39 is 22.5 Å². The molecule has 6 nitrogen and oxygen atoms in total. The molecule has 4 rings (SSSR count). The van der Waals surface area contributed by atoms with Crippen molar-refractivity contribution in [1.82, 2.24) is 4.31 Å². The second-order valence-electron chi connectivity index (χ2n) is 7.94. The van der Waals surface area contributed by atoms with E-state index in [4.69, 9.17) is 39.5 Å². The van der Waals surface area contributed by atoms with Gasteiger partial charge in [0.2, 0.25) is 15.9 Å². The number of para-hydroxylation sites is 1. The topological polar surface area (TPSA) is 75.7 Å². The molecule has 37 heavy (non-hydrogen) atoms. The van der Waals surface area contributed by atoms with Crippen molar-refractivity contribution in [2.45, 2.75) is 11.4 Å². The molecular weight excluding hydrogens is 555 g/mol. The smallest absolute Gasteiger partial charge is 0.243 e. The maximum Gasteiger partial charge on any atom is 0.243 e. The molecule has 0 bridgehead atoms. The van der Waals surface area contributed by atoms with Gasteiger partial charge in [-0.2, -0.15) is 4.31 Å². The number of nitrogens with one attached hydrogen (secondary N) is 1. The molecule has 4 aromatic rings. The van der Waals surface area contributed by atoms with Crippen LogP contribution in [0.4, 0.5) is 5.69 Å². The zero-order valence-electron chi connectivity index (χ0n) is 19.3. The molecule has 0 saturated carbocycles. The van der Waals surface area contributed by atoms with Crippen molar-refractivity contribution in [3.8, 4) is 11.5 Å². The highest BCUT2D eigenvalue weighted by Gasteiger charge is 2.27. The van der Waals surface area contributed by atoms with E-state index in [1.54, 1.807) is 60.7 Å². The predicted octanol–water partition coefficient (Wildman–Crippen LogP) is 7.27. The van der Waals surface area contributed by atoms with Crippen LogP contribution in [-0.2, 0) is 21.4 Å². The Kier molecular flexibility index (Phi) is 8.74. The van der Waals surface area contributed by atoms with Crippen molar-refractivity contribution in [3.05, 3.63) is 118 Å². The van der Waals surface area contributed by atoms with Crippen LogP contribution in [0.25, 0.3) is 0 Å². The Morgan fingerprint density at radius 2 is 1.49 bits per heavy atom. The fraction of sp³-hybridized carbons (Fsp3) is 0.0741. The van der Waals surface area contributed by atoms with Crippen molar-refractivity contribution < 1.29 is 17.9 Å². The number of anilines is 1. The molecule has 0 unspecified atom stereocenters. The minimum Gasteiger partial charge on any atom is -0.455 e. The quantitative estimate of drug-likeness (QED) is 0.228. The molecule has 0 radical (unpaired) electrons. The molecule has 0 aliphatic heterocycles. The Balaban J connectivity index is 1.61. The van der Waals surface area contributed by atoms with Crippen LogP contribution in [0.1, 0.15) is 5.56 Å². The summed E-state index contributed by atoms with van der Waals surface area (Å²) in [6.45, 7) is -0.584. The molecule has 0 aromatic heterocycles. The fourth-order valence-corrected chi connectivity index (χ4v) is 5.36. The van der Waals surface area contributed by atoms with E-state index >= 15 is 0 Å². The number of hydrogen-bond acceptors (Lipinski definition) is 4. The molecule has 0 atom stereocenters. The third kappa shape index (κ3) is 7.03. The van der Waals surface area contributed by atoms with Crippen LogP contribution in [-0.4, -0.2) is 25.2 Å². The zero-order valence-corrected chi connectivity index (χ0v) is 22.4. The summed E-state index contributed by atoms with van der Waals surface area (Å²) in [5.41, 5.74) is 0.866. The van der Waals surface area contributed by atoms with Gasteiger partial charge in [-0.15, -0.1) is 0 Å². The molecule has 0 heterocycles. The highest BCUT2D eigenvalue weighted by Crippen LogP contribution is 2.32. The van der Waals surface area contributed by atoms with Crippen molar-refractivity contribution in [2.24, 2.45) is 0 Å². The lowest BCUT2D eigenvalue weighted by Gasteiger charge is -2.22. The summed E-state index contributed by atoms with van der Waals surface area (Å²) < 4.78 is 33.9. The van der Waals surface area contributed by atoms with Crippen LogP contribution in [0.15, 0.2) is 102 Å². The maximum atomic E-state index is 13.5. The molecule has 0 aliphatic carbocycles. The first-order chi connectivity index (χ1) is 17.7. The number of amides is 1. The van der Waals surface area contributed by atoms with E-state index in [1.807, 2.05) is 18.2 Å². The number of ether oxygens (including phenoxy) is 1. The number of hydrogen-bond donors (Lipinski definition) is 1. The Hall–Kier alpha value is -3.07. The van der Waals surface area contributed by atoms with Crippen LogP contribution < -0.4 is 10.1 Å².